The molecule has 80 valence electrons. The molecule has 0 saturated carbocycles. The van der Waals surface area contributed by atoms with Crippen LogP contribution in [0.1, 0.15) is 16.9 Å². The SMILES string of the molecule is O=C(NCC1CCOC1)c1cnccn1. The Kier molecular flexibility index (Phi) is 3.24. The van der Waals surface area contributed by atoms with Gasteiger partial charge in [-0.1, -0.05) is 0 Å². The van der Waals surface area contributed by atoms with Crippen molar-refractivity contribution < 1.29 is 9.53 Å². The zero-order chi connectivity index (χ0) is 10.5. The maximum atomic E-state index is 11.5. The number of hydrogen-bond donors (Lipinski definition) is 1. The number of rotatable bonds is 3. The Balaban J connectivity index is 1.82. The lowest BCUT2D eigenvalue weighted by Crippen LogP contribution is -2.30. The fourth-order valence-electron chi connectivity index (χ4n) is 1.49. The van der Waals surface area contributed by atoms with Gasteiger partial charge in [-0.25, -0.2) is 4.98 Å². The lowest BCUT2D eigenvalue weighted by Gasteiger charge is -2.08. The molecule has 1 atom stereocenters. The summed E-state index contributed by atoms with van der Waals surface area (Å²) >= 11 is 0. The van der Waals surface area contributed by atoms with E-state index < -0.39 is 0 Å². The van der Waals surface area contributed by atoms with Crippen LogP contribution in [0.2, 0.25) is 0 Å². The number of aromatic nitrogens is 2. The van der Waals surface area contributed by atoms with Gasteiger partial charge in [-0.2, -0.15) is 0 Å². The topological polar surface area (TPSA) is 64.1 Å². The summed E-state index contributed by atoms with van der Waals surface area (Å²) in [5.41, 5.74) is 0.358. The minimum absolute atomic E-state index is 0.171. The van der Waals surface area contributed by atoms with Gasteiger partial charge >= 0.3 is 0 Å². The molecule has 0 bridgehead atoms. The van der Waals surface area contributed by atoms with E-state index in [1.54, 1.807) is 6.20 Å². The van der Waals surface area contributed by atoms with Crippen molar-refractivity contribution in [2.45, 2.75) is 6.42 Å². The van der Waals surface area contributed by atoms with Crippen LogP contribution in [0.5, 0.6) is 0 Å². The maximum Gasteiger partial charge on any atom is 0.271 e. The van der Waals surface area contributed by atoms with E-state index >= 15 is 0 Å². The molecular weight excluding hydrogens is 194 g/mol. The third-order valence-electron chi connectivity index (χ3n) is 2.37. The van der Waals surface area contributed by atoms with Crippen molar-refractivity contribution in [2.75, 3.05) is 19.8 Å². The molecule has 0 spiro atoms. The van der Waals surface area contributed by atoms with E-state index in [9.17, 15) is 4.79 Å². The van der Waals surface area contributed by atoms with Gasteiger partial charge < -0.3 is 10.1 Å². The van der Waals surface area contributed by atoms with E-state index in [-0.39, 0.29) is 5.91 Å². The van der Waals surface area contributed by atoms with Crippen LogP contribution in [0.15, 0.2) is 18.6 Å². The molecule has 1 amide bonds. The monoisotopic (exact) mass is 207 g/mol. The first-order valence-corrected chi connectivity index (χ1v) is 4.98. The molecule has 15 heavy (non-hydrogen) atoms. The third-order valence-corrected chi connectivity index (χ3v) is 2.37. The van der Waals surface area contributed by atoms with Crippen LogP contribution in [0.25, 0.3) is 0 Å². The van der Waals surface area contributed by atoms with E-state index in [0.717, 1.165) is 19.6 Å². The van der Waals surface area contributed by atoms with Gasteiger partial charge in [0.25, 0.3) is 5.91 Å². The number of carbonyl (C=O) groups is 1. The number of hydrogen-bond acceptors (Lipinski definition) is 4. The van der Waals surface area contributed by atoms with Crippen LogP contribution in [-0.2, 0) is 4.74 Å². The molecule has 1 fully saturated rings. The summed E-state index contributed by atoms with van der Waals surface area (Å²) in [5.74, 6) is 0.264. The van der Waals surface area contributed by atoms with Crippen molar-refractivity contribution in [2.24, 2.45) is 5.92 Å². The summed E-state index contributed by atoms with van der Waals surface area (Å²) in [5, 5.41) is 2.82. The van der Waals surface area contributed by atoms with Gasteiger partial charge in [0, 0.05) is 31.5 Å². The highest BCUT2D eigenvalue weighted by Crippen LogP contribution is 2.10. The second-order valence-corrected chi connectivity index (χ2v) is 3.53. The first-order chi connectivity index (χ1) is 7.36. The molecule has 1 saturated heterocycles. The van der Waals surface area contributed by atoms with Gasteiger partial charge in [0.2, 0.25) is 0 Å². The Bertz CT molecular complexity index is 323. The first kappa shape index (κ1) is 10.0. The van der Waals surface area contributed by atoms with Crippen LogP contribution in [0, 0.1) is 5.92 Å². The highest BCUT2D eigenvalue weighted by atomic mass is 16.5. The van der Waals surface area contributed by atoms with Crippen LogP contribution < -0.4 is 5.32 Å². The largest absolute Gasteiger partial charge is 0.381 e. The van der Waals surface area contributed by atoms with Gasteiger partial charge in [0.1, 0.15) is 5.69 Å². The average molecular weight is 207 g/mol. The van der Waals surface area contributed by atoms with Crippen molar-refractivity contribution in [1.29, 1.82) is 0 Å². The molecule has 5 heteroatoms. The van der Waals surface area contributed by atoms with E-state index in [0.29, 0.717) is 18.2 Å². The van der Waals surface area contributed by atoms with Gasteiger partial charge in [-0.3, -0.25) is 9.78 Å². The summed E-state index contributed by atoms with van der Waals surface area (Å²) in [6.45, 7) is 2.18. The predicted octanol–water partition coefficient (Wildman–Crippen LogP) is 0.243. The Labute approximate surface area is 87.9 Å². The molecule has 1 N–H and O–H groups in total. The molecule has 1 aromatic heterocycles. The van der Waals surface area contributed by atoms with Gasteiger partial charge in [0.05, 0.1) is 12.8 Å². The molecule has 2 rings (SSSR count). The minimum atomic E-state index is -0.171. The van der Waals surface area contributed by atoms with Crippen LogP contribution in [0.4, 0.5) is 0 Å². The molecule has 2 heterocycles. The van der Waals surface area contributed by atoms with E-state index in [2.05, 4.69) is 15.3 Å². The van der Waals surface area contributed by atoms with E-state index in [1.165, 1.54) is 12.4 Å². The number of nitrogens with one attached hydrogen (secondary N) is 1. The zero-order valence-corrected chi connectivity index (χ0v) is 8.35. The van der Waals surface area contributed by atoms with Crippen molar-refractivity contribution in [3.05, 3.63) is 24.3 Å². The molecule has 0 radical (unpaired) electrons. The van der Waals surface area contributed by atoms with Crippen molar-refractivity contribution in [3.8, 4) is 0 Å². The molecular formula is C10H13N3O2. The zero-order valence-electron chi connectivity index (χ0n) is 8.35. The Hall–Kier alpha value is -1.49. The Morgan fingerprint density at radius 1 is 1.60 bits per heavy atom. The quantitative estimate of drug-likeness (QED) is 0.771. The summed E-state index contributed by atoms with van der Waals surface area (Å²) < 4.78 is 5.22. The van der Waals surface area contributed by atoms with Crippen molar-refractivity contribution >= 4 is 5.91 Å². The fourth-order valence-corrected chi connectivity index (χ4v) is 1.49. The van der Waals surface area contributed by atoms with Crippen molar-refractivity contribution in [1.82, 2.24) is 15.3 Å². The summed E-state index contributed by atoms with van der Waals surface area (Å²) in [7, 11) is 0. The van der Waals surface area contributed by atoms with Gasteiger partial charge in [0.15, 0.2) is 0 Å². The molecule has 0 aromatic carbocycles. The molecule has 1 aromatic rings. The summed E-state index contributed by atoms with van der Waals surface area (Å²) in [4.78, 5) is 19.3. The third kappa shape index (κ3) is 2.73. The van der Waals surface area contributed by atoms with Crippen molar-refractivity contribution in [3.63, 3.8) is 0 Å². The van der Waals surface area contributed by atoms with Crippen LogP contribution in [-0.4, -0.2) is 35.6 Å². The van der Waals surface area contributed by atoms with Gasteiger partial charge in [-0.05, 0) is 6.42 Å². The highest BCUT2D eigenvalue weighted by Gasteiger charge is 2.16. The second-order valence-electron chi connectivity index (χ2n) is 3.53. The highest BCUT2D eigenvalue weighted by molar-refractivity contribution is 5.91. The van der Waals surface area contributed by atoms with Crippen LogP contribution in [0.3, 0.4) is 0 Å². The average Bonchev–Trinajstić information content (AvgIpc) is 2.80. The first-order valence-electron chi connectivity index (χ1n) is 4.98. The van der Waals surface area contributed by atoms with Crippen LogP contribution >= 0.6 is 0 Å². The fraction of sp³-hybridized carbons (Fsp3) is 0.500. The Morgan fingerprint density at radius 3 is 3.20 bits per heavy atom. The molecule has 1 aliphatic heterocycles. The summed E-state index contributed by atoms with van der Waals surface area (Å²) in [6, 6.07) is 0. The van der Waals surface area contributed by atoms with Gasteiger partial charge in [-0.15, -0.1) is 0 Å². The molecule has 1 unspecified atom stereocenters. The molecule has 0 aliphatic carbocycles. The van der Waals surface area contributed by atoms with E-state index in [4.69, 9.17) is 4.74 Å². The Morgan fingerprint density at radius 2 is 2.53 bits per heavy atom. The number of ether oxygens (including phenoxy) is 1. The smallest absolute Gasteiger partial charge is 0.271 e. The second kappa shape index (κ2) is 4.84. The number of amides is 1. The normalized spacial score (nSPS) is 20.1. The lowest BCUT2D eigenvalue weighted by molar-refractivity contribution is 0.0939. The molecule has 1 aliphatic rings. The number of carbonyl (C=O) groups excluding carboxylic acids is 1. The lowest BCUT2D eigenvalue weighted by atomic mass is 10.1. The predicted molar refractivity (Wildman–Crippen MR) is 53.3 cm³/mol. The standard InChI is InChI=1S/C10H13N3O2/c14-10(9-6-11-2-3-12-9)13-5-8-1-4-15-7-8/h2-3,6,8H,1,4-5,7H2,(H,13,14). The minimum Gasteiger partial charge on any atom is -0.381 e. The summed E-state index contributed by atoms with van der Waals surface area (Å²) in [6.07, 6.45) is 5.52. The number of nitrogens with zero attached hydrogens (tertiary/aromatic N) is 2. The maximum absolute atomic E-state index is 11.5. The van der Waals surface area contributed by atoms with E-state index in [1.807, 2.05) is 0 Å². The molecule has 5 nitrogen and oxygen atoms in total.